The quantitative estimate of drug-likeness (QED) is 0.863. The summed E-state index contributed by atoms with van der Waals surface area (Å²) in [6.45, 7) is 9.22. The Kier molecular flexibility index (Phi) is 4.28. The van der Waals surface area contributed by atoms with E-state index in [2.05, 4.69) is 51.4 Å². The molecule has 2 saturated heterocycles. The molecule has 0 N–H and O–H groups in total. The van der Waals surface area contributed by atoms with Gasteiger partial charge in [0, 0.05) is 32.3 Å². The molecule has 0 atom stereocenters. The molecule has 4 rings (SSSR count). The van der Waals surface area contributed by atoms with E-state index in [9.17, 15) is 4.79 Å². The zero-order valence-corrected chi connectivity index (χ0v) is 15.4. The van der Waals surface area contributed by atoms with E-state index in [0.717, 1.165) is 56.9 Å². The third-order valence-corrected chi connectivity index (χ3v) is 6.25. The number of imidazole rings is 1. The Morgan fingerprint density at radius 2 is 2.00 bits per heavy atom. The third kappa shape index (κ3) is 3.06. The van der Waals surface area contributed by atoms with Gasteiger partial charge in [-0.05, 0) is 63.7 Å². The summed E-state index contributed by atoms with van der Waals surface area (Å²) in [4.78, 5) is 21.3. The normalized spacial score (nSPS) is 21.4. The van der Waals surface area contributed by atoms with Crippen LogP contribution in [-0.2, 0) is 11.3 Å². The van der Waals surface area contributed by atoms with Crippen LogP contribution in [0.3, 0.4) is 0 Å². The van der Waals surface area contributed by atoms with Gasteiger partial charge in [-0.3, -0.25) is 9.69 Å². The summed E-state index contributed by atoms with van der Waals surface area (Å²) in [6, 6.07) is 6.18. The molecule has 2 fully saturated rings. The van der Waals surface area contributed by atoms with E-state index in [-0.39, 0.29) is 0 Å². The van der Waals surface area contributed by atoms with Crippen LogP contribution < -0.4 is 0 Å². The predicted molar refractivity (Wildman–Crippen MR) is 98.4 cm³/mol. The zero-order valence-electron chi connectivity index (χ0n) is 15.4. The molecule has 2 aliphatic rings. The van der Waals surface area contributed by atoms with Crippen molar-refractivity contribution in [2.24, 2.45) is 5.41 Å². The van der Waals surface area contributed by atoms with Gasteiger partial charge in [0.1, 0.15) is 5.65 Å². The maximum absolute atomic E-state index is 12.0. The Morgan fingerprint density at radius 1 is 1.20 bits per heavy atom. The van der Waals surface area contributed by atoms with Crippen LogP contribution in [0.1, 0.15) is 44.0 Å². The first-order valence-electron chi connectivity index (χ1n) is 9.53. The molecule has 5 nitrogen and oxygen atoms in total. The first kappa shape index (κ1) is 16.6. The highest BCUT2D eigenvalue weighted by Gasteiger charge is 2.40. The number of amides is 1. The number of aryl methyl sites for hydroxylation is 1. The van der Waals surface area contributed by atoms with Gasteiger partial charge in [0.2, 0.25) is 5.91 Å². The van der Waals surface area contributed by atoms with E-state index >= 15 is 0 Å². The second-order valence-electron chi connectivity index (χ2n) is 7.76. The summed E-state index contributed by atoms with van der Waals surface area (Å²) < 4.78 is 2.22. The van der Waals surface area contributed by atoms with Crippen molar-refractivity contribution in [2.45, 2.75) is 46.1 Å². The third-order valence-electron chi connectivity index (χ3n) is 6.25. The van der Waals surface area contributed by atoms with E-state index in [4.69, 9.17) is 0 Å². The van der Waals surface area contributed by atoms with Gasteiger partial charge >= 0.3 is 0 Å². The standard InChI is InChI=1S/C20H28N4O/c1-3-23-15-20(8-7-19(23)25)9-12-22(13-10-20)14-17-16(2)21-18-6-4-5-11-24(17)18/h4-6,11H,3,7-10,12-15H2,1-2H3. The molecule has 0 saturated carbocycles. The van der Waals surface area contributed by atoms with Gasteiger partial charge in [-0.2, -0.15) is 0 Å². The molecular weight excluding hydrogens is 312 g/mol. The summed E-state index contributed by atoms with van der Waals surface area (Å²) in [6.07, 6.45) is 6.33. The Balaban J connectivity index is 1.44. The summed E-state index contributed by atoms with van der Waals surface area (Å²) in [5.74, 6) is 0.344. The number of nitrogens with zero attached hydrogens (tertiary/aromatic N) is 4. The summed E-state index contributed by atoms with van der Waals surface area (Å²) in [7, 11) is 0. The van der Waals surface area contributed by atoms with Gasteiger partial charge in [-0.15, -0.1) is 0 Å². The lowest BCUT2D eigenvalue weighted by Gasteiger charge is -2.47. The molecule has 5 heteroatoms. The summed E-state index contributed by atoms with van der Waals surface area (Å²) in [5.41, 5.74) is 3.83. The van der Waals surface area contributed by atoms with Gasteiger partial charge in [0.15, 0.2) is 0 Å². The van der Waals surface area contributed by atoms with E-state index in [0.29, 0.717) is 11.3 Å². The van der Waals surface area contributed by atoms with Crippen LogP contribution in [0.2, 0.25) is 0 Å². The van der Waals surface area contributed by atoms with Gasteiger partial charge in [0.05, 0.1) is 11.4 Å². The summed E-state index contributed by atoms with van der Waals surface area (Å²) in [5, 5.41) is 0. The van der Waals surface area contributed by atoms with Crippen LogP contribution in [0.15, 0.2) is 24.4 Å². The van der Waals surface area contributed by atoms with Crippen LogP contribution in [0.25, 0.3) is 5.65 Å². The first-order chi connectivity index (χ1) is 12.1. The van der Waals surface area contributed by atoms with Crippen LogP contribution in [0.4, 0.5) is 0 Å². The van der Waals surface area contributed by atoms with Crippen molar-refractivity contribution in [2.75, 3.05) is 26.2 Å². The van der Waals surface area contributed by atoms with Crippen LogP contribution >= 0.6 is 0 Å². The molecule has 0 radical (unpaired) electrons. The number of hydrogen-bond acceptors (Lipinski definition) is 3. The van der Waals surface area contributed by atoms with Crippen molar-refractivity contribution in [3.05, 3.63) is 35.8 Å². The molecule has 0 aliphatic carbocycles. The molecule has 0 aromatic carbocycles. The zero-order chi connectivity index (χ0) is 17.4. The fourth-order valence-electron chi connectivity index (χ4n) is 4.55. The van der Waals surface area contributed by atoms with Crippen molar-refractivity contribution >= 4 is 11.6 Å². The molecule has 2 aliphatic heterocycles. The van der Waals surface area contributed by atoms with Crippen molar-refractivity contribution in [3.63, 3.8) is 0 Å². The number of hydrogen-bond donors (Lipinski definition) is 0. The van der Waals surface area contributed by atoms with Crippen LogP contribution in [0, 0.1) is 12.3 Å². The number of piperidine rings is 2. The summed E-state index contributed by atoms with van der Waals surface area (Å²) >= 11 is 0. The second-order valence-corrected chi connectivity index (χ2v) is 7.76. The van der Waals surface area contributed by atoms with Gasteiger partial charge in [0.25, 0.3) is 0 Å². The number of fused-ring (bicyclic) bond motifs is 1. The van der Waals surface area contributed by atoms with Gasteiger partial charge in [-0.25, -0.2) is 4.98 Å². The monoisotopic (exact) mass is 340 g/mol. The number of carbonyl (C=O) groups excluding carboxylic acids is 1. The Bertz CT molecular complexity index is 773. The molecule has 0 unspecified atom stereocenters. The van der Waals surface area contributed by atoms with E-state index in [1.54, 1.807) is 0 Å². The largest absolute Gasteiger partial charge is 0.342 e. The number of pyridine rings is 1. The molecule has 2 aromatic rings. The Morgan fingerprint density at radius 3 is 2.76 bits per heavy atom. The molecule has 25 heavy (non-hydrogen) atoms. The number of carbonyl (C=O) groups is 1. The highest BCUT2D eigenvalue weighted by Crippen LogP contribution is 2.40. The maximum atomic E-state index is 12.0. The van der Waals surface area contributed by atoms with E-state index in [1.807, 2.05) is 6.07 Å². The molecule has 1 amide bonds. The first-order valence-corrected chi connectivity index (χ1v) is 9.53. The van der Waals surface area contributed by atoms with Gasteiger partial charge in [-0.1, -0.05) is 6.07 Å². The molecule has 0 bridgehead atoms. The van der Waals surface area contributed by atoms with Crippen LogP contribution in [0.5, 0.6) is 0 Å². The SMILES string of the molecule is CCN1CC2(CCC1=O)CCN(Cc1c(C)nc3ccccn13)CC2. The van der Waals surface area contributed by atoms with Crippen molar-refractivity contribution in [1.82, 2.24) is 19.2 Å². The fourth-order valence-corrected chi connectivity index (χ4v) is 4.55. The minimum atomic E-state index is 0.344. The lowest BCUT2D eigenvalue weighted by atomic mass is 9.72. The van der Waals surface area contributed by atoms with Crippen molar-refractivity contribution in [3.8, 4) is 0 Å². The number of aromatic nitrogens is 2. The smallest absolute Gasteiger partial charge is 0.222 e. The topological polar surface area (TPSA) is 40.9 Å². The highest BCUT2D eigenvalue weighted by molar-refractivity contribution is 5.77. The number of rotatable bonds is 3. The Labute approximate surface area is 149 Å². The predicted octanol–water partition coefficient (Wildman–Crippen LogP) is 2.87. The minimum Gasteiger partial charge on any atom is -0.342 e. The average Bonchev–Trinajstić information content (AvgIpc) is 2.95. The van der Waals surface area contributed by atoms with E-state index < -0.39 is 0 Å². The molecular formula is C20H28N4O. The highest BCUT2D eigenvalue weighted by atomic mass is 16.2. The van der Waals surface area contributed by atoms with Gasteiger partial charge < -0.3 is 9.30 Å². The number of likely N-dealkylation sites (tertiary alicyclic amines) is 2. The van der Waals surface area contributed by atoms with Crippen molar-refractivity contribution < 1.29 is 4.79 Å². The maximum Gasteiger partial charge on any atom is 0.222 e. The minimum absolute atomic E-state index is 0.344. The second kappa shape index (κ2) is 6.45. The lowest BCUT2D eigenvalue weighted by molar-refractivity contribution is -0.138. The Hall–Kier alpha value is -1.88. The average molecular weight is 340 g/mol. The van der Waals surface area contributed by atoms with Crippen LogP contribution in [-0.4, -0.2) is 51.3 Å². The lowest BCUT2D eigenvalue weighted by Crippen LogP contribution is -2.51. The molecule has 1 spiro atoms. The van der Waals surface area contributed by atoms with Crippen molar-refractivity contribution in [1.29, 1.82) is 0 Å². The van der Waals surface area contributed by atoms with E-state index in [1.165, 1.54) is 18.5 Å². The molecule has 4 heterocycles. The molecule has 2 aromatic heterocycles. The fraction of sp³-hybridized carbons (Fsp3) is 0.600. The molecule has 134 valence electrons.